The summed E-state index contributed by atoms with van der Waals surface area (Å²) >= 11 is 1.38. The molecule has 0 aliphatic carbocycles. The largest absolute Gasteiger partial charge is 0.493 e. The van der Waals surface area contributed by atoms with Crippen LogP contribution in [0.3, 0.4) is 0 Å². The van der Waals surface area contributed by atoms with Crippen LogP contribution in [0.2, 0.25) is 0 Å². The molecule has 1 N–H and O–H groups in total. The molecule has 0 spiro atoms. The summed E-state index contributed by atoms with van der Waals surface area (Å²) < 4.78 is 9.73. The molecule has 1 aliphatic heterocycles. The third kappa shape index (κ3) is 2.00. The molecule has 0 saturated carbocycles. The second-order valence-electron chi connectivity index (χ2n) is 4.25. The van der Waals surface area contributed by atoms with E-state index in [4.69, 9.17) is 4.74 Å². The monoisotopic (exact) mass is 261 g/mol. The van der Waals surface area contributed by atoms with Crippen LogP contribution < -0.4 is 10.1 Å². The number of benzene rings is 1. The highest BCUT2D eigenvalue weighted by molar-refractivity contribution is 7.03. The van der Waals surface area contributed by atoms with Crippen molar-refractivity contribution in [1.29, 1.82) is 0 Å². The Labute approximate surface area is 110 Å². The van der Waals surface area contributed by atoms with Gasteiger partial charge in [-0.3, -0.25) is 0 Å². The summed E-state index contributed by atoms with van der Waals surface area (Å²) in [6.45, 7) is 3.75. The predicted molar refractivity (Wildman–Crippen MR) is 71.1 cm³/mol. The van der Waals surface area contributed by atoms with Crippen molar-refractivity contribution in [3.63, 3.8) is 0 Å². The van der Waals surface area contributed by atoms with Crippen molar-refractivity contribution in [2.45, 2.75) is 19.4 Å². The predicted octanol–water partition coefficient (Wildman–Crippen LogP) is 2.17. The van der Waals surface area contributed by atoms with Gasteiger partial charge in [0.25, 0.3) is 0 Å². The number of rotatable bonds is 4. The van der Waals surface area contributed by atoms with E-state index in [1.54, 1.807) is 0 Å². The summed E-state index contributed by atoms with van der Waals surface area (Å²) in [6.07, 6.45) is 0.997. The van der Waals surface area contributed by atoms with Crippen LogP contribution in [-0.4, -0.2) is 22.7 Å². The second kappa shape index (κ2) is 5.04. The van der Waals surface area contributed by atoms with Gasteiger partial charge in [0.1, 0.15) is 5.75 Å². The summed E-state index contributed by atoms with van der Waals surface area (Å²) in [5.41, 5.74) is 3.42. The molecule has 1 aromatic carbocycles. The van der Waals surface area contributed by atoms with Gasteiger partial charge in [0.2, 0.25) is 0 Å². The fourth-order valence-electron chi connectivity index (χ4n) is 2.34. The zero-order chi connectivity index (χ0) is 12.4. The van der Waals surface area contributed by atoms with Crippen LogP contribution in [0, 0.1) is 0 Å². The Kier molecular flexibility index (Phi) is 3.25. The molecule has 5 heteroatoms. The van der Waals surface area contributed by atoms with Crippen LogP contribution in [-0.2, 0) is 6.42 Å². The average Bonchev–Trinajstić information content (AvgIpc) is 3.06. The van der Waals surface area contributed by atoms with Crippen molar-refractivity contribution >= 4 is 11.5 Å². The zero-order valence-electron chi connectivity index (χ0n) is 10.2. The number of nitrogens with zero attached hydrogens (tertiary/aromatic N) is 2. The van der Waals surface area contributed by atoms with Crippen LogP contribution in [0.15, 0.2) is 23.6 Å². The average molecular weight is 261 g/mol. The van der Waals surface area contributed by atoms with E-state index in [2.05, 4.69) is 40.0 Å². The molecule has 0 saturated heterocycles. The maximum Gasteiger partial charge on any atom is 0.127 e. The van der Waals surface area contributed by atoms with E-state index in [0.717, 1.165) is 31.0 Å². The fraction of sp³-hybridized carbons (Fsp3) is 0.385. The van der Waals surface area contributed by atoms with Gasteiger partial charge in [-0.1, -0.05) is 29.6 Å². The Morgan fingerprint density at radius 1 is 1.50 bits per heavy atom. The minimum atomic E-state index is 0.0711. The molecule has 2 aromatic rings. The number of fused-ring (bicyclic) bond motifs is 1. The minimum absolute atomic E-state index is 0.0711. The van der Waals surface area contributed by atoms with Gasteiger partial charge in [0.15, 0.2) is 0 Å². The number of para-hydroxylation sites is 1. The molecular formula is C13H15N3OS. The maximum absolute atomic E-state index is 5.77. The van der Waals surface area contributed by atoms with E-state index in [9.17, 15) is 0 Å². The lowest BCUT2D eigenvalue weighted by atomic mass is 10.00. The molecular weight excluding hydrogens is 246 g/mol. The van der Waals surface area contributed by atoms with Crippen molar-refractivity contribution in [2.75, 3.05) is 13.2 Å². The molecule has 94 valence electrons. The van der Waals surface area contributed by atoms with Crippen LogP contribution >= 0.6 is 11.5 Å². The summed E-state index contributed by atoms with van der Waals surface area (Å²) in [5, 5.41) is 9.63. The highest BCUT2D eigenvalue weighted by atomic mass is 32.1. The Hall–Kier alpha value is -1.46. The maximum atomic E-state index is 5.77. The summed E-state index contributed by atoms with van der Waals surface area (Å²) in [7, 11) is 0. The van der Waals surface area contributed by atoms with Crippen molar-refractivity contribution in [3.8, 4) is 5.75 Å². The highest BCUT2D eigenvalue weighted by Gasteiger charge is 2.24. The number of nitrogens with one attached hydrogen (secondary N) is 1. The standard InChI is InChI=1S/C13H15N3OS/c1-2-14-12(11-8-18-16-15-11)10-5-3-4-9-6-7-17-13(9)10/h3-5,8,12,14H,2,6-7H2,1H3. The molecule has 0 radical (unpaired) electrons. The zero-order valence-corrected chi connectivity index (χ0v) is 11.0. The first-order chi connectivity index (χ1) is 8.90. The summed E-state index contributed by atoms with van der Waals surface area (Å²) in [5.74, 6) is 1.02. The van der Waals surface area contributed by atoms with Crippen LogP contribution in [0.25, 0.3) is 0 Å². The molecule has 4 nitrogen and oxygen atoms in total. The third-order valence-electron chi connectivity index (χ3n) is 3.14. The number of hydrogen-bond donors (Lipinski definition) is 1. The van der Waals surface area contributed by atoms with Crippen LogP contribution in [0.4, 0.5) is 0 Å². The lowest BCUT2D eigenvalue weighted by molar-refractivity contribution is 0.350. The van der Waals surface area contributed by atoms with E-state index < -0.39 is 0 Å². The third-order valence-corrected chi connectivity index (χ3v) is 3.66. The molecule has 1 atom stereocenters. The van der Waals surface area contributed by atoms with E-state index in [1.807, 2.05) is 5.38 Å². The molecule has 1 aliphatic rings. The van der Waals surface area contributed by atoms with Crippen molar-refractivity contribution < 1.29 is 4.74 Å². The van der Waals surface area contributed by atoms with Gasteiger partial charge >= 0.3 is 0 Å². The molecule has 1 aromatic heterocycles. The molecule has 3 rings (SSSR count). The Bertz CT molecular complexity index is 527. The summed E-state index contributed by atoms with van der Waals surface area (Å²) in [6, 6.07) is 6.40. The molecule has 0 amide bonds. The van der Waals surface area contributed by atoms with Crippen molar-refractivity contribution in [1.82, 2.24) is 14.9 Å². The van der Waals surface area contributed by atoms with Gasteiger partial charge in [-0.15, -0.1) is 5.10 Å². The molecule has 0 bridgehead atoms. The van der Waals surface area contributed by atoms with Crippen molar-refractivity contribution in [2.24, 2.45) is 0 Å². The first-order valence-electron chi connectivity index (χ1n) is 6.15. The Morgan fingerprint density at radius 3 is 3.22 bits per heavy atom. The van der Waals surface area contributed by atoms with E-state index in [0.29, 0.717) is 0 Å². The van der Waals surface area contributed by atoms with Crippen LogP contribution in [0.5, 0.6) is 5.75 Å². The van der Waals surface area contributed by atoms with E-state index in [-0.39, 0.29) is 6.04 Å². The number of ether oxygens (including phenoxy) is 1. The molecule has 0 fully saturated rings. The van der Waals surface area contributed by atoms with Crippen molar-refractivity contribution in [3.05, 3.63) is 40.4 Å². The topological polar surface area (TPSA) is 47.0 Å². The number of hydrogen-bond acceptors (Lipinski definition) is 5. The highest BCUT2D eigenvalue weighted by Crippen LogP contribution is 2.35. The lowest BCUT2D eigenvalue weighted by Crippen LogP contribution is -2.22. The molecule has 2 heterocycles. The smallest absolute Gasteiger partial charge is 0.127 e. The van der Waals surface area contributed by atoms with Gasteiger partial charge in [-0.2, -0.15) is 0 Å². The fourth-order valence-corrected chi connectivity index (χ4v) is 2.82. The normalized spacial score (nSPS) is 15.2. The van der Waals surface area contributed by atoms with Gasteiger partial charge in [-0.05, 0) is 23.6 Å². The molecule has 1 unspecified atom stereocenters. The van der Waals surface area contributed by atoms with E-state index >= 15 is 0 Å². The van der Waals surface area contributed by atoms with Gasteiger partial charge < -0.3 is 10.1 Å². The van der Waals surface area contributed by atoms with Gasteiger partial charge in [-0.25, -0.2) is 0 Å². The van der Waals surface area contributed by atoms with Crippen LogP contribution in [0.1, 0.15) is 29.8 Å². The lowest BCUT2D eigenvalue weighted by Gasteiger charge is -2.18. The first-order valence-corrected chi connectivity index (χ1v) is 6.98. The number of aromatic nitrogens is 2. The SMILES string of the molecule is CCNC(c1csnn1)c1cccc2c1OCC2. The quantitative estimate of drug-likeness (QED) is 0.916. The minimum Gasteiger partial charge on any atom is -0.493 e. The Balaban J connectivity index is 2.03. The van der Waals surface area contributed by atoms with Gasteiger partial charge in [0, 0.05) is 17.4 Å². The summed E-state index contributed by atoms with van der Waals surface area (Å²) in [4.78, 5) is 0. The van der Waals surface area contributed by atoms with Gasteiger partial charge in [0.05, 0.1) is 18.3 Å². The first kappa shape index (κ1) is 11.6. The molecule has 18 heavy (non-hydrogen) atoms. The van der Waals surface area contributed by atoms with E-state index in [1.165, 1.54) is 22.7 Å². The Morgan fingerprint density at radius 2 is 2.44 bits per heavy atom. The second-order valence-corrected chi connectivity index (χ2v) is 4.86.